The molecule has 0 aliphatic carbocycles. The van der Waals surface area contributed by atoms with Gasteiger partial charge in [0.25, 0.3) is 5.56 Å². The van der Waals surface area contributed by atoms with E-state index in [0.717, 1.165) is 12.1 Å². The Morgan fingerprint density at radius 3 is 2.34 bits per heavy atom. The predicted octanol–water partition coefficient (Wildman–Crippen LogP) is 4.65. The Bertz CT molecular complexity index is 1360. The maximum atomic E-state index is 13.8. The molecule has 0 spiro atoms. The molecule has 0 fully saturated rings. The van der Waals surface area contributed by atoms with E-state index in [-0.39, 0.29) is 27.6 Å². The molecule has 4 aromatic rings. The molecular weight excluding hydrogens is 381 g/mol. The van der Waals surface area contributed by atoms with Crippen LogP contribution in [-0.4, -0.2) is 9.67 Å². The van der Waals surface area contributed by atoms with Gasteiger partial charge in [-0.1, -0.05) is 6.07 Å². The first-order chi connectivity index (χ1) is 13.9. The van der Waals surface area contributed by atoms with E-state index in [1.807, 2.05) is 6.07 Å². The van der Waals surface area contributed by atoms with Crippen LogP contribution >= 0.6 is 0 Å². The van der Waals surface area contributed by atoms with Gasteiger partial charge >= 0.3 is 0 Å². The zero-order valence-electron chi connectivity index (χ0n) is 14.7. The van der Waals surface area contributed by atoms with E-state index in [4.69, 9.17) is 5.26 Å². The number of aromatic nitrogens is 1. The number of hydrogen-bond acceptors (Lipinski definition) is 3. The van der Waals surface area contributed by atoms with E-state index < -0.39 is 23.0 Å². The van der Waals surface area contributed by atoms with Gasteiger partial charge in [-0.05, 0) is 54.1 Å². The number of aromatic hydroxyl groups is 1. The molecule has 1 N–H and O–H groups in total. The number of phenols is 1. The highest BCUT2D eigenvalue weighted by atomic mass is 19.2. The average molecular weight is 392 g/mol. The third-order valence-corrected chi connectivity index (χ3v) is 4.55. The van der Waals surface area contributed by atoms with E-state index in [1.165, 1.54) is 35.0 Å². The lowest BCUT2D eigenvalue weighted by molar-refractivity contribution is 0.448. The maximum absolute atomic E-state index is 13.8. The Morgan fingerprint density at radius 1 is 0.931 bits per heavy atom. The number of rotatable bonds is 2. The van der Waals surface area contributed by atoms with Crippen LogP contribution in [0.4, 0.5) is 13.2 Å². The number of nitriles is 1. The van der Waals surface area contributed by atoms with E-state index >= 15 is 0 Å². The first-order valence-electron chi connectivity index (χ1n) is 8.43. The molecule has 0 aliphatic rings. The molecule has 0 aliphatic heterocycles. The second-order valence-electron chi connectivity index (χ2n) is 6.36. The minimum Gasteiger partial charge on any atom is -0.508 e. The van der Waals surface area contributed by atoms with Crippen LogP contribution in [0, 0.1) is 28.8 Å². The van der Waals surface area contributed by atoms with E-state index in [0.29, 0.717) is 11.3 Å². The number of benzene rings is 3. The summed E-state index contributed by atoms with van der Waals surface area (Å²) < 4.78 is 42.3. The zero-order valence-corrected chi connectivity index (χ0v) is 14.7. The van der Waals surface area contributed by atoms with Crippen LogP contribution in [-0.2, 0) is 0 Å². The molecule has 0 amide bonds. The fourth-order valence-corrected chi connectivity index (χ4v) is 3.19. The number of nitrogens with zero attached hydrogens (tertiary/aromatic N) is 2. The standard InChI is InChI=1S/C22H11F3N2O2/c23-19-7-13(8-20(24)21(19)25)18-11-27(14-3-1-2-12(6-14)10-26)22(29)16-5-4-15(28)9-17(16)18/h1-9,11,28H. The molecule has 0 atom stereocenters. The van der Waals surface area contributed by atoms with Gasteiger partial charge in [0.1, 0.15) is 5.75 Å². The van der Waals surface area contributed by atoms with Gasteiger partial charge in [0.2, 0.25) is 0 Å². The van der Waals surface area contributed by atoms with Crippen LogP contribution in [0.5, 0.6) is 5.75 Å². The molecule has 0 saturated carbocycles. The molecule has 142 valence electrons. The largest absolute Gasteiger partial charge is 0.508 e. The minimum atomic E-state index is -1.60. The van der Waals surface area contributed by atoms with Crippen molar-refractivity contribution in [1.29, 1.82) is 5.26 Å². The quantitative estimate of drug-likeness (QED) is 0.505. The SMILES string of the molecule is N#Cc1cccc(-n2cc(-c3cc(F)c(F)c(F)c3)c3cc(O)ccc3c2=O)c1. The fraction of sp³-hybridized carbons (Fsp3) is 0. The second kappa shape index (κ2) is 6.84. The molecule has 7 heteroatoms. The Kier molecular flexibility index (Phi) is 4.32. The number of pyridine rings is 1. The Balaban J connectivity index is 2.11. The van der Waals surface area contributed by atoms with Crippen molar-refractivity contribution in [3.05, 3.63) is 94.2 Å². The summed E-state index contributed by atoms with van der Waals surface area (Å²) in [5.74, 6) is -4.50. The predicted molar refractivity (Wildman–Crippen MR) is 101 cm³/mol. The van der Waals surface area contributed by atoms with Gasteiger partial charge in [-0.3, -0.25) is 9.36 Å². The summed E-state index contributed by atoms with van der Waals surface area (Å²) in [6.07, 6.45) is 1.34. The van der Waals surface area contributed by atoms with Crippen LogP contribution in [0.2, 0.25) is 0 Å². The third-order valence-electron chi connectivity index (χ3n) is 4.55. The number of hydrogen-bond donors (Lipinski definition) is 1. The van der Waals surface area contributed by atoms with E-state index in [2.05, 4.69) is 0 Å². The summed E-state index contributed by atoms with van der Waals surface area (Å²) in [6, 6.07) is 13.9. The number of halogens is 3. The Labute approximate surface area is 162 Å². The first-order valence-corrected chi connectivity index (χ1v) is 8.43. The lowest BCUT2D eigenvalue weighted by atomic mass is 9.99. The average Bonchev–Trinajstić information content (AvgIpc) is 2.72. The molecule has 4 rings (SSSR count). The van der Waals surface area contributed by atoms with Crippen LogP contribution < -0.4 is 5.56 Å². The minimum absolute atomic E-state index is 0.0119. The van der Waals surface area contributed by atoms with Gasteiger partial charge in [0.05, 0.1) is 11.6 Å². The molecule has 4 nitrogen and oxygen atoms in total. The number of phenolic OH excluding ortho intramolecular Hbond substituents is 1. The summed E-state index contributed by atoms with van der Waals surface area (Å²) >= 11 is 0. The number of fused-ring (bicyclic) bond motifs is 1. The molecule has 0 saturated heterocycles. The second-order valence-corrected chi connectivity index (χ2v) is 6.36. The summed E-state index contributed by atoms with van der Waals surface area (Å²) in [5.41, 5.74) is 0.425. The molecule has 3 aromatic carbocycles. The fourth-order valence-electron chi connectivity index (χ4n) is 3.19. The van der Waals surface area contributed by atoms with Crippen molar-refractivity contribution >= 4 is 10.8 Å². The van der Waals surface area contributed by atoms with Crippen LogP contribution in [0.25, 0.3) is 27.6 Å². The maximum Gasteiger partial charge on any atom is 0.262 e. The third kappa shape index (κ3) is 3.11. The van der Waals surface area contributed by atoms with Crippen molar-refractivity contribution in [2.24, 2.45) is 0 Å². The lowest BCUT2D eigenvalue weighted by Crippen LogP contribution is -2.18. The topological polar surface area (TPSA) is 66.0 Å². The molecule has 0 radical (unpaired) electrons. The van der Waals surface area contributed by atoms with E-state index in [1.54, 1.807) is 18.2 Å². The molecular formula is C22H11F3N2O2. The monoisotopic (exact) mass is 392 g/mol. The summed E-state index contributed by atoms with van der Waals surface area (Å²) in [4.78, 5) is 13.0. The molecule has 0 bridgehead atoms. The first kappa shape index (κ1) is 18.3. The van der Waals surface area contributed by atoms with Crippen molar-refractivity contribution < 1.29 is 18.3 Å². The van der Waals surface area contributed by atoms with Gasteiger partial charge in [0.15, 0.2) is 17.5 Å². The molecule has 1 aromatic heterocycles. The Hall–Kier alpha value is -4.05. The van der Waals surface area contributed by atoms with Crippen molar-refractivity contribution in [1.82, 2.24) is 4.57 Å². The smallest absolute Gasteiger partial charge is 0.262 e. The highest BCUT2D eigenvalue weighted by molar-refractivity contribution is 5.97. The molecule has 29 heavy (non-hydrogen) atoms. The van der Waals surface area contributed by atoms with Gasteiger partial charge < -0.3 is 5.11 Å². The highest BCUT2D eigenvalue weighted by Crippen LogP contribution is 2.32. The molecule has 0 unspecified atom stereocenters. The highest BCUT2D eigenvalue weighted by Gasteiger charge is 2.17. The van der Waals surface area contributed by atoms with Crippen molar-refractivity contribution in [3.8, 4) is 28.6 Å². The van der Waals surface area contributed by atoms with Crippen molar-refractivity contribution in [2.45, 2.75) is 0 Å². The lowest BCUT2D eigenvalue weighted by Gasteiger charge is -2.14. The molecule has 1 heterocycles. The summed E-state index contributed by atoms with van der Waals surface area (Å²) in [7, 11) is 0. The van der Waals surface area contributed by atoms with E-state index in [9.17, 15) is 23.1 Å². The van der Waals surface area contributed by atoms with Crippen molar-refractivity contribution in [3.63, 3.8) is 0 Å². The summed E-state index contributed by atoms with van der Waals surface area (Å²) in [5, 5.41) is 19.4. The normalized spacial score (nSPS) is 10.8. The van der Waals surface area contributed by atoms with Crippen LogP contribution in [0.15, 0.2) is 65.6 Å². The van der Waals surface area contributed by atoms with Crippen molar-refractivity contribution in [2.75, 3.05) is 0 Å². The van der Waals surface area contributed by atoms with Gasteiger partial charge in [0, 0.05) is 28.2 Å². The van der Waals surface area contributed by atoms with Crippen LogP contribution in [0.3, 0.4) is 0 Å². The van der Waals surface area contributed by atoms with Crippen LogP contribution in [0.1, 0.15) is 5.56 Å². The zero-order chi connectivity index (χ0) is 20.7. The van der Waals surface area contributed by atoms with Gasteiger partial charge in [-0.15, -0.1) is 0 Å². The Morgan fingerprint density at radius 2 is 1.66 bits per heavy atom. The van der Waals surface area contributed by atoms with Gasteiger partial charge in [-0.2, -0.15) is 5.26 Å². The van der Waals surface area contributed by atoms with Gasteiger partial charge in [-0.25, -0.2) is 13.2 Å². The summed E-state index contributed by atoms with van der Waals surface area (Å²) in [6.45, 7) is 0.